The number of fused-ring (bicyclic) bond motifs is 1. The van der Waals surface area contributed by atoms with Crippen LogP contribution < -0.4 is 0 Å². The van der Waals surface area contributed by atoms with Crippen molar-refractivity contribution in [2.75, 3.05) is 13.2 Å². The largest absolute Gasteiger partial charge is 0.381 e. The molecule has 3 unspecified atom stereocenters. The van der Waals surface area contributed by atoms with Gasteiger partial charge in [0.25, 0.3) is 0 Å². The SMILES string of the molecule is O=S(=O)(F)C1CC2COCC21. The predicted octanol–water partition coefficient (Wildman–Crippen LogP) is 0.321. The molecule has 1 aliphatic carbocycles. The summed E-state index contributed by atoms with van der Waals surface area (Å²) in [5, 5.41) is -0.769. The minimum atomic E-state index is -4.30. The lowest BCUT2D eigenvalue weighted by Crippen LogP contribution is -2.44. The second-order valence-corrected chi connectivity index (χ2v) is 4.77. The molecule has 2 fully saturated rings. The molecule has 0 amide bonds. The number of ether oxygens (including phenoxy) is 1. The highest BCUT2D eigenvalue weighted by molar-refractivity contribution is 7.87. The molecule has 1 saturated carbocycles. The van der Waals surface area contributed by atoms with Crippen LogP contribution in [0.4, 0.5) is 3.89 Å². The van der Waals surface area contributed by atoms with Crippen LogP contribution in [0.15, 0.2) is 0 Å². The van der Waals surface area contributed by atoms with Gasteiger partial charge in [-0.15, -0.1) is 3.89 Å². The van der Waals surface area contributed by atoms with Crippen LogP contribution >= 0.6 is 0 Å². The van der Waals surface area contributed by atoms with Crippen molar-refractivity contribution in [3.63, 3.8) is 0 Å². The van der Waals surface area contributed by atoms with Crippen molar-refractivity contribution in [1.82, 2.24) is 0 Å². The maximum absolute atomic E-state index is 12.4. The Balaban J connectivity index is 2.12. The topological polar surface area (TPSA) is 43.4 Å². The van der Waals surface area contributed by atoms with Crippen LogP contribution in [-0.4, -0.2) is 26.9 Å². The van der Waals surface area contributed by atoms with Crippen LogP contribution in [0.25, 0.3) is 0 Å². The summed E-state index contributed by atoms with van der Waals surface area (Å²) < 4.78 is 38.3. The molecule has 0 aromatic rings. The zero-order valence-electron chi connectivity index (χ0n) is 5.86. The zero-order chi connectivity index (χ0) is 8.06. The van der Waals surface area contributed by atoms with E-state index in [9.17, 15) is 12.3 Å². The molecule has 0 spiro atoms. The monoisotopic (exact) mass is 180 g/mol. The molecule has 0 bridgehead atoms. The molecular weight excluding hydrogens is 171 g/mol. The summed E-state index contributed by atoms with van der Waals surface area (Å²) in [6.45, 7) is 1.02. The van der Waals surface area contributed by atoms with Crippen molar-refractivity contribution >= 4 is 10.2 Å². The third-order valence-electron chi connectivity index (χ3n) is 2.62. The van der Waals surface area contributed by atoms with E-state index in [2.05, 4.69) is 0 Å². The molecule has 64 valence electrons. The van der Waals surface area contributed by atoms with Gasteiger partial charge >= 0.3 is 10.2 Å². The fourth-order valence-electron chi connectivity index (χ4n) is 1.87. The van der Waals surface area contributed by atoms with Gasteiger partial charge in [-0.05, 0) is 12.3 Å². The molecule has 1 aliphatic heterocycles. The van der Waals surface area contributed by atoms with E-state index in [0.717, 1.165) is 0 Å². The Morgan fingerprint density at radius 3 is 2.64 bits per heavy atom. The number of rotatable bonds is 1. The molecule has 2 aliphatic rings. The highest BCUT2D eigenvalue weighted by Gasteiger charge is 2.51. The average molecular weight is 180 g/mol. The first kappa shape index (κ1) is 7.49. The quantitative estimate of drug-likeness (QED) is 0.546. The summed E-state index contributed by atoms with van der Waals surface area (Å²) in [5.41, 5.74) is 0. The van der Waals surface area contributed by atoms with Crippen LogP contribution in [0.5, 0.6) is 0 Å². The summed E-state index contributed by atoms with van der Waals surface area (Å²) in [7, 11) is -4.30. The van der Waals surface area contributed by atoms with Crippen molar-refractivity contribution in [3.05, 3.63) is 0 Å². The summed E-state index contributed by atoms with van der Waals surface area (Å²) in [5.74, 6) is 0.232. The van der Waals surface area contributed by atoms with Gasteiger partial charge in [0.05, 0.1) is 11.9 Å². The standard InChI is InChI=1S/C6H9FO3S/c7-11(8,9)6-1-4-2-10-3-5(4)6/h4-6H,1-3H2. The fraction of sp³-hybridized carbons (Fsp3) is 1.00. The molecule has 0 aromatic carbocycles. The molecule has 1 heterocycles. The van der Waals surface area contributed by atoms with E-state index in [1.807, 2.05) is 0 Å². The second-order valence-electron chi connectivity index (χ2n) is 3.21. The Labute approximate surface area is 64.8 Å². The van der Waals surface area contributed by atoms with Crippen LogP contribution in [0, 0.1) is 11.8 Å². The van der Waals surface area contributed by atoms with Gasteiger partial charge in [-0.1, -0.05) is 0 Å². The van der Waals surface area contributed by atoms with E-state index in [0.29, 0.717) is 25.6 Å². The van der Waals surface area contributed by atoms with E-state index in [-0.39, 0.29) is 5.92 Å². The molecule has 3 atom stereocenters. The number of hydrogen-bond acceptors (Lipinski definition) is 3. The van der Waals surface area contributed by atoms with Gasteiger partial charge in [0, 0.05) is 12.5 Å². The maximum Gasteiger partial charge on any atom is 0.305 e. The smallest absolute Gasteiger partial charge is 0.305 e. The van der Waals surface area contributed by atoms with Gasteiger partial charge in [0.15, 0.2) is 0 Å². The van der Waals surface area contributed by atoms with Crippen LogP contribution in [0.2, 0.25) is 0 Å². The molecule has 5 heteroatoms. The van der Waals surface area contributed by atoms with Gasteiger partial charge in [0.2, 0.25) is 0 Å². The minimum Gasteiger partial charge on any atom is -0.381 e. The second kappa shape index (κ2) is 2.17. The molecule has 0 radical (unpaired) electrons. The maximum atomic E-state index is 12.4. The van der Waals surface area contributed by atoms with Gasteiger partial charge in [-0.3, -0.25) is 0 Å². The third-order valence-corrected chi connectivity index (χ3v) is 3.89. The van der Waals surface area contributed by atoms with Crippen molar-refractivity contribution < 1.29 is 17.0 Å². The first-order valence-electron chi connectivity index (χ1n) is 3.60. The molecule has 2 rings (SSSR count). The normalized spacial score (nSPS) is 43.2. The highest BCUT2D eigenvalue weighted by atomic mass is 32.3. The first-order chi connectivity index (χ1) is 5.09. The average Bonchev–Trinajstić information content (AvgIpc) is 2.08. The van der Waals surface area contributed by atoms with E-state index < -0.39 is 15.5 Å². The van der Waals surface area contributed by atoms with Crippen molar-refractivity contribution in [2.24, 2.45) is 11.8 Å². The van der Waals surface area contributed by atoms with E-state index >= 15 is 0 Å². The first-order valence-corrected chi connectivity index (χ1v) is 5.05. The molecule has 0 N–H and O–H groups in total. The summed E-state index contributed by atoms with van der Waals surface area (Å²) in [6.07, 6.45) is 0.448. The van der Waals surface area contributed by atoms with Gasteiger partial charge in [-0.2, -0.15) is 8.42 Å². The molecular formula is C6H9FO3S. The van der Waals surface area contributed by atoms with Gasteiger partial charge in [0.1, 0.15) is 0 Å². The van der Waals surface area contributed by atoms with Gasteiger partial charge < -0.3 is 4.74 Å². The summed E-state index contributed by atoms with van der Waals surface area (Å²) in [4.78, 5) is 0. The number of halogens is 1. The lowest BCUT2D eigenvalue weighted by Gasteiger charge is -2.35. The van der Waals surface area contributed by atoms with Crippen LogP contribution in [0.1, 0.15) is 6.42 Å². The molecule has 11 heavy (non-hydrogen) atoms. The fourth-order valence-corrected chi connectivity index (χ4v) is 3.07. The summed E-state index contributed by atoms with van der Waals surface area (Å²) in [6, 6.07) is 0. The molecule has 1 saturated heterocycles. The highest BCUT2D eigenvalue weighted by Crippen LogP contribution is 2.43. The Bertz CT molecular complexity index is 261. The molecule has 3 nitrogen and oxygen atoms in total. The lowest BCUT2D eigenvalue weighted by molar-refractivity contribution is 0.187. The Morgan fingerprint density at radius 2 is 2.09 bits per heavy atom. The Hall–Kier alpha value is -0.160. The van der Waals surface area contributed by atoms with Crippen molar-refractivity contribution in [1.29, 1.82) is 0 Å². The Morgan fingerprint density at radius 1 is 1.36 bits per heavy atom. The molecule has 0 aromatic heterocycles. The van der Waals surface area contributed by atoms with Gasteiger partial charge in [-0.25, -0.2) is 0 Å². The lowest BCUT2D eigenvalue weighted by atomic mass is 9.76. The van der Waals surface area contributed by atoms with Crippen LogP contribution in [-0.2, 0) is 15.0 Å². The minimum absolute atomic E-state index is 0.0648. The van der Waals surface area contributed by atoms with E-state index in [1.165, 1.54) is 0 Å². The third kappa shape index (κ3) is 1.06. The summed E-state index contributed by atoms with van der Waals surface area (Å²) >= 11 is 0. The van der Waals surface area contributed by atoms with E-state index in [1.54, 1.807) is 0 Å². The zero-order valence-corrected chi connectivity index (χ0v) is 6.68. The Kier molecular flexibility index (Phi) is 1.47. The number of hydrogen-bond donors (Lipinski definition) is 0. The van der Waals surface area contributed by atoms with Crippen LogP contribution in [0.3, 0.4) is 0 Å². The predicted molar refractivity (Wildman–Crippen MR) is 36.2 cm³/mol. The van der Waals surface area contributed by atoms with Crippen molar-refractivity contribution in [2.45, 2.75) is 11.7 Å². The van der Waals surface area contributed by atoms with E-state index in [4.69, 9.17) is 4.74 Å². The van der Waals surface area contributed by atoms with Crippen molar-refractivity contribution in [3.8, 4) is 0 Å².